The van der Waals surface area contributed by atoms with Crippen molar-refractivity contribution in [3.05, 3.63) is 0 Å². The van der Waals surface area contributed by atoms with Crippen LogP contribution in [-0.2, 0) is 0 Å². The van der Waals surface area contributed by atoms with Crippen LogP contribution in [0.15, 0.2) is 0 Å². The van der Waals surface area contributed by atoms with E-state index in [1.54, 1.807) is 0 Å². The fourth-order valence-electron chi connectivity index (χ4n) is 6.09. The van der Waals surface area contributed by atoms with Crippen LogP contribution < -0.4 is 0 Å². The molecular formula is C21H39N3. The lowest BCUT2D eigenvalue weighted by Crippen LogP contribution is -2.49. The molecule has 0 spiro atoms. The molecule has 2 aliphatic carbocycles. The van der Waals surface area contributed by atoms with Gasteiger partial charge in [0.05, 0.1) is 0 Å². The van der Waals surface area contributed by atoms with E-state index in [1.807, 2.05) is 0 Å². The second-order valence-electron chi connectivity index (χ2n) is 9.91. The minimum Gasteiger partial charge on any atom is -0.301 e. The highest BCUT2D eigenvalue weighted by Gasteiger charge is 2.50. The minimum absolute atomic E-state index is 0.727. The highest BCUT2D eigenvalue weighted by Crippen LogP contribution is 2.53. The highest BCUT2D eigenvalue weighted by molar-refractivity contribution is 5.03. The van der Waals surface area contributed by atoms with E-state index >= 15 is 0 Å². The summed E-state index contributed by atoms with van der Waals surface area (Å²) >= 11 is 0. The fourth-order valence-corrected chi connectivity index (χ4v) is 6.09. The summed E-state index contributed by atoms with van der Waals surface area (Å²) in [4.78, 5) is 8.28. The average Bonchev–Trinajstić information content (AvgIpc) is 3.01. The van der Waals surface area contributed by atoms with E-state index < -0.39 is 0 Å². The van der Waals surface area contributed by atoms with E-state index in [1.165, 1.54) is 84.5 Å². The molecule has 4 rings (SSSR count). The number of rotatable bonds is 7. The number of piperazine rings is 1. The van der Waals surface area contributed by atoms with Crippen molar-refractivity contribution in [2.75, 3.05) is 52.4 Å². The van der Waals surface area contributed by atoms with Gasteiger partial charge in [0.15, 0.2) is 0 Å². The Labute approximate surface area is 149 Å². The number of piperidine rings is 1. The quantitative estimate of drug-likeness (QED) is 0.708. The van der Waals surface area contributed by atoms with E-state index in [2.05, 4.69) is 35.5 Å². The van der Waals surface area contributed by atoms with Crippen LogP contribution in [0.25, 0.3) is 0 Å². The zero-order valence-electron chi connectivity index (χ0n) is 16.3. The fraction of sp³-hybridized carbons (Fsp3) is 1.00. The molecule has 0 aromatic heterocycles. The average molecular weight is 334 g/mol. The number of fused-ring (bicyclic) bond motifs is 2. The third kappa shape index (κ3) is 3.68. The predicted octanol–water partition coefficient (Wildman–Crippen LogP) is 3.16. The van der Waals surface area contributed by atoms with Gasteiger partial charge in [-0.25, -0.2) is 0 Å². The van der Waals surface area contributed by atoms with E-state index in [0.29, 0.717) is 0 Å². The highest BCUT2D eigenvalue weighted by atomic mass is 15.3. The Bertz CT molecular complexity index is 423. The molecule has 138 valence electrons. The molecule has 0 radical (unpaired) electrons. The Morgan fingerprint density at radius 2 is 1.71 bits per heavy atom. The van der Waals surface area contributed by atoms with Crippen molar-refractivity contribution < 1.29 is 0 Å². The van der Waals surface area contributed by atoms with Gasteiger partial charge in [0.1, 0.15) is 0 Å². The molecule has 2 saturated heterocycles. The van der Waals surface area contributed by atoms with E-state index in [4.69, 9.17) is 0 Å². The first kappa shape index (κ1) is 17.3. The number of nitrogens with zero attached hydrogens (tertiary/aromatic N) is 3. The number of likely N-dealkylation sites (N-methyl/N-ethyl adjacent to an activating group) is 1. The molecule has 3 nitrogen and oxygen atoms in total. The lowest BCUT2D eigenvalue weighted by Gasteiger charge is -2.39. The summed E-state index contributed by atoms with van der Waals surface area (Å²) in [6.45, 7) is 17.8. The van der Waals surface area contributed by atoms with Gasteiger partial charge >= 0.3 is 0 Å². The first-order valence-corrected chi connectivity index (χ1v) is 10.8. The SMILES string of the molecule is CCN1CCN(C[C@H]2C[C@@H]3C[C@H]2CN3CC2(CC(C)C)CC2)CC1. The smallest absolute Gasteiger partial charge is 0.0110 e. The predicted molar refractivity (Wildman–Crippen MR) is 101 cm³/mol. The maximum absolute atomic E-state index is 2.91. The minimum atomic E-state index is 0.727. The number of hydrogen-bond acceptors (Lipinski definition) is 3. The Balaban J connectivity index is 1.23. The van der Waals surface area contributed by atoms with Crippen molar-refractivity contribution in [1.29, 1.82) is 0 Å². The third-order valence-electron chi connectivity index (χ3n) is 7.54. The Kier molecular flexibility index (Phi) is 4.96. The molecule has 0 aromatic rings. The summed E-state index contributed by atoms with van der Waals surface area (Å²) in [5.41, 5.74) is 0.727. The van der Waals surface area contributed by atoms with Gasteiger partial charge in [0.2, 0.25) is 0 Å². The van der Waals surface area contributed by atoms with Gasteiger partial charge in [-0.15, -0.1) is 0 Å². The molecule has 0 unspecified atom stereocenters. The first-order valence-electron chi connectivity index (χ1n) is 10.8. The molecule has 3 heteroatoms. The topological polar surface area (TPSA) is 9.72 Å². The standard InChI is InChI=1S/C21H39N3/c1-4-22-7-9-23(10-8-22)14-18-11-20-12-19(18)15-24(20)16-21(5-6-21)13-17(2)3/h17-20H,4-16H2,1-3H3/t18-,19+,20-/m1/s1. The van der Waals surface area contributed by atoms with Crippen LogP contribution in [0.5, 0.6) is 0 Å². The summed E-state index contributed by atoms with van der Waals surface area (Å²) in [7, 11) is 0. The van der Waals surface area contributed by atoms with Crippen molar-refractivity contribution in [3.63, 3.8) is 0 Å². The largest absolute Gasteiger partial charge is 0.301 e. The van der Waals surface area contributed by atoms with Crippen LogP contribution in [-0.4, -0.2) is 73.1 Å². The molecule has 24 heavy (non-hydrogen) atoms. The Hall–Kier alpha value is -0.120. The number of hydrogen-bond donors (Lipinski definition) is 0. The number of likely N-dealkylation sites (tertiary alicyclic amines) is 1. The molecule has 0 N–H and O–H groups in total. The monoisotopic (exact) mass is 333 g/mol. The molecule has 0 aromatic carbocycles. The maximum Gasteiger partial charge on any atom is 0.0110 e. The van der Waals surface area contributed by atoms with Gasteiger partial charge < -0.3 is 9.80 Å². The molecule has 2 heterocycles. The molecule has 4 fully saturated rings. The van der Waals surface area contributed by atoms with Crippen LogP contribution in [0.3, 0.4) is 0 Å². The summed E-state index contributed by atoms with van der Waals surface area (Å²) in [6.07, 6.45) is 7.48. The lowest BCUT2D eigenvalue weighted by molar-refractivity contribution is 0.0857. The molecule has 2 bridgehead atoms. The van der Waals surface area contributed by atoms with Crippen molar-refractivity contribution in [2.24, 2.45) is 23.2 Å². The van der Waals surface area contributed by atoms with E-state index in [9.17, 15) is 0 Å². The summed E-state index contributed by atoms with van der Waals surface area (Å²) in [6, 6.07) is 0.932. The molecule has 4 aliphatic rings. The molecule has 2 saturated carbocycles. The van der Waals surface area contributed by atoms with Gasteiger partial charge in [-0.1, -0.05) is 20.8 Å². The van der Waals surface area contributed by atoms with Crippen LogP contribution in [0.2, 0.25) is 0 Å². The van der Waals surface area contributed by atoms with Crippen LogP contribution in [0.1, 0.15) is 52.9 Å². The van der Waals surface area contributed by atoms with Crippen LogP contribution in [0, 0.1) is 23.2 Å². The van der Waals surface area contributed by atoms with Gasteiger partial charge in [0, 0.05) is 51.9 Å². The van der Waals surface area contributed by atoms with Crippen LogP contribution in [0.4, 0.5) is 0 Å². The molecule has 2 aliphatic heterocycles. The molecule has 0 amide bonds. The zero-order chi connectivity index (χ0) is 16.7. The van der Waals surface area contributed by atoms with Gasteiger partial charge in [0.25, 0.3) is 0 Å². The van der Waals surface area contributed by atoms with E-state index in [0.717, 1.165) is 29.2 Å². The van der Waals surface area contributed by atoms with Crippen molar-refractivity contribution in [1.82, 2.24) is 14.7 Å². The summed E-state index contributed by atoms with van der Waals surface area (Å²) in [5, 5.41) is 0. The molecule has 3 atom stereocenters. The van der Waals surface area contributed by atoms with Gasteiger partial charge in [-0.3, -0.25) is 4.90 Å². The van der Waals surface area contributed by atoms with Gasteiger partial charge in [-0.05, 0) is 61.8 Å². The van der Waals surface area contributed by atoms with E-state index in [-0.39, 0.29) is 0 Å². The van der Waals surface area contributed by atoms with Gasteiger partial charge in [-0.2, -0.15) is 0 Å². The summed E-state index contributed by atoms with van der Waals surface area (Å²) in [5.74, 6) is 2.88. The van der Waals surface area contributed by atoms with Crippen molar-refractivity contribution in [3.8, 4) is 0 Å². The maximum atomic E-state index is 2.91. The van der Waals surface area contributed by atoms with Crippen molar-refractivity contribution >= 4 is 0 Å². The Morgan fingerprint density at radius 1 is 1.00 bits per heavy atom. The lowest BCUT2D eigenvalue weighted by atomic mass is 9.90. The van der Waals surface area contributed by atoms with Crippen LogP contribution >= 0.6 is 0 Å². The second kappa shape index (κ2) is 6.89. The second-order valence-corrected chi connectivity index (χ2v) is 9.91. The first-order chi connectivity index (χ1) is 11.6. The third-order valence-corrected chi connectivity index (χ3v) is 7.54. The zero-order valence-corrected chi connectivity index (χ0v) is 16.3. The summed E-state index contributed by atoms with van der Waals surface area (Å²) < 4.78 is 0. The normalized spacial score (nSPS) is 36.8. The Morgan fingerprint density at radius 3 is 2.25 bits per heavy atom. The molecular weight excluding hydrogens is 294 g/mol. The van der Waals surface area contributed by atoms with Crippen molar-refractivity contribution in [2.45, 2.75) is 58.9 Å².